The van der Waals surface area contributed by atoms with Crippen molar-refractivity contribution in [3.63, 3.8) is 0 Å². The molecular formula is C11H17NO. The van der Waals surface area contributed by atoms with Crippen molar-refractivity contribution in [2.75, 3.05) is 6.54 Å². The summed E-state index contributed by atoms with van der Waals surface area (Å²) in [4.78, 5) is 0. The standard InChI is InChI=1S/C11H17NO/c1-4-12-9(3)10-6-5-8(2)7-11(10)13/h5-7,9,12-13H,4H2,1-3H3. The van der Waals surface area contributed by atoms with Gasteiger partial charge in [0.2, 0.25) is 0 Å². The molecule has 0 saturated heterocycles. The first-order valence-corrected chi connectivity index (χ1v) is 4.68. The smallest absolute Gasteiger partial charge is 0.120 e. The molecule has 0 fully saturated rings. The fraction of sp³-hybridized carbons (Fsp3) is 0.455. The molecule has 1 aromatic carbocycles. The second-order valence-corrected chi connectivity index (χ2v) is 3.34. The lowest BCUT2D eigenvalue weighted by Crippen LogP contribution is -2.17. The van der Waals surface area contributed by atoms with Crippen LogP contribution in [0.1, 0.15) is 31.0 Å². The van der Waals surface area contributed by atoms with E-state index >= 15 is 0 Å². The molecule has 72 valence electrons. The van der Waals surface area contributed by atoms with Crippen LogP contribution in [0.25, 0.3) is 0 Å². The van der Waals surface area contributed by atoms with Crippen molar-refractivity contribution in [3.8, 4) is 5.75 Å². The summed E-state index contributed by atoms with van der Waals surface area (Å²) < 4.78 is 0. The Bertz CT molecular complexity index is 283. The van der Waals surface area contributed by atoms with Crippen LogP contribution in [0.15, 0.2) is 18.2 Å². The molecule has 0 saturated carbocycles. The van der Waals surface area contributed by atoms with Gasteiger partial charge in [-0.25, -0.2) is 0 Å². The van der Waals surface area contributed by atoms with E-state index in [4.69, 9.17) is 0 Å². The number of hydrogen-bond donors (Lipinski definition) is 2. The number of aromatic hydroxyl groups is 1. The Hall–Kier alpha value is -1.02. The normalized spacial score (nSPS) is 12.8. The van der Waals surface area contributed by atoms with Gasteiger partial charge < -0.3 is 10.4 Å². The van der Waals surface area contributed by atoms with Crippen LogP contribution >= 0.6 is 0 Å². The fourth-order valence-electron chi connectivity index (χ4n) is 1.44. The molecule has 2 heteroatoms. The van der Waals surface area contributed by atoms with Gasteiger partial charge in [0.25, 0.3) is 0 Å². The molecule has 0 amide bonds. The molecule has 0 bridgehead atoms. The third kappa shape index (κ3) is 2.46. The molecule has 13 heavy (non-hydrogen) atoms. The number of hydrogen-bond acceptors (Lipinski definition) is 2. The zero-order valence-electron chi connectivity index (χ0n) is 8.46. The van der Waals surface area contributed by atoms with Crippen molar-refractivity contribution in [2.45, 2.75) is 26.8 Å². The van der Waals surface area contributed by atoms with Gasteiger partial charge in [-0.1, -0.05) is 19.1 Å². The minimum atomic E-state index is 0.214. The third-order valence-corrected chi connectivity index (χ3v) is 2.16. The van der Waals surface area contributed by atoms with Crippen molar-refractivity contribution < 1.29 is 5.11 Å². The highest BCUT2D eigenvalue weighted by molar-refractivity contribution is 5.37. The van der Waals surface area contributed by atoms with Crippen LogP contribution in [0.5, 0.6) is 5.75 Å². The Labute approximate surface area is 79.6 Å². The van der Waals surface area contributed by atoms with Crippen LogP contribution in [0, 0.1) is 6.92 Å². The van der Waals surface area contributed by atoms with E-state index in [2.05, 4.69) is 12.2 Å². The molecule has 0 heterocycles. The van der Waals surface area contributed by atoms with Crippen molar-refractivity contribution in [1.29, 1.82) is 0 Å². The number of benzene rings is 1. The average Bonchev–Trinajstić information content (AvgIpc) is 2.04. The maximum atomic E-state index is 9.65. The molecule has 0 radical (unpaired) electrons. The Kier molecular flexibility index (Phi) is 3.32. The van der Waals surface area contributed by atoms with Crippen LogP contribution in [0.4, 0.5) is 0 Å². The molecule has 0 aliphatic rings. The van der Waals surface area contributed by atoms with Gasteiger partial charge in [-0.15, -0.1) is 0 Å². The predicted octanol–water partition coefficient (Wildman–Crippen LogP) is 2.37. The predicted molar refractivity (Wildman–Crippen MR) is 54.9 cm³/mol. The largest absolute Gasteiger partial charge is 0.508 e. The summed E-state index contributed by atoms with van der Waals surface area (Å²) in [6, 6.07) is 6.00. The molecule has 1 atom stereocenters. The van der Waals surface area contributed by atoms with Gasteiger partial charge in [0, 0.05) is 11.6 Å². The summed E-state index contributed by atoms with van der Waals surface area (Å²) in [6.45, 7) is 6.99. The minimum absolute atomic E-state index is 0.214. The zero-order chi connectivity index (χ0) is 9.84. The highest BCUT2D eigenvalue weighted by Crippen LogP contribution is 2.24. The summed E-state index contributed by atoms with van der Waals surface area (Å²) in [5.74, 6) is 0.383. The first-order chi connectivity index (χ1) is 6.15. The van der Waals surface area contributed by atoms with E-state index in [-0.39, 0.29) is 6.04 Å². The van der Waals surface area contributed by atoms with E-state index in [0.717, 1.165) is 17.7 Å². The van der Waals surface area contributed by atoms with Gasteiger partial charge in [0.1, 0.15) is 5.75 Å². The monoisotopic (exact) mass is 179 g/mol. The summed E-state index contributed by atoms with van der Waals surface area (Å²) in [7, 11) is 0. The number of phenolic OH excluding ortho intramolecular Hbond substituents is 1. The topological polar surface area (TPSA) is 32.3 Å². The first-order valence-electron chi connectivity index (χ1n) is 4.68. The minimum Gasteiger partial charge on any atom is -0.508 e. The fourth-order valence-corrected chi connectivity index (χ4v) is 1.44. The molecule has 2 nitrogen and oxygen atoms in total. The maximum Gasteiger partial charge on any atom is 0.120 e. The quantitative estimate of drug-likeness (QED) is 0.746. The Morgan fingerprint density at radius 1 is 1.46 bits per heavy atom. The first kappa shape index (κ1) is 10.1. The second-order valence-electron chi connectivity index (χ2n) is 3.34. The van der Waals surface area contributed by atoms with Gasteiger partial charge >= 0.3 is 0 Å². The number of phenols is 1. The Morgan fingerprint density at radius 3 is 2.69 bits per heavy atom. The molecule has 1 unspecified atom stereocenters. The second kappa shape index (κ2) is 4.28. The van der Waals surface area contributed by atoms with Crippen LogP contribution in [0.3, 0.4) is 0 Å². The van der Waals surface area contributed by atoms with Crippen LogP contribution in [-0.2, 0) is 0 Å². The zero-order valence-corrected chi connectivity index (χ0v) is 8.46. The number of nitrogens with one attached hydrogen (secondary N) is 1. The Morgan fingerprint density at radius 2 is 2.15 bits per heavy atom. The number of aryl methyl sites for hydroxylation is 1. The van der Waals surface area contributed by atoms with E-state index in [1.807, 2.05) is 26.0 Å². The van der Waals surface area contributed by atoms with Gasteiger partial charge in [-0.05, 0) is 32.0 Å². The van der Waals surface area contributed by atoms with E-state index in [1.54, 1.807) is 6.07 Å². The molecule has 1 aromatic rings. The lowest BCUT2D eigenvalue weighted by atomic mass is 10.1. The highest BCUT2D eigenvalue weighted by Gasteiger charge is 2.07. The van der Waals surface area contributed by atoms with E-state index in [1.165, 1.54) is 0 Å². The van der Waals surface area contributed by atoms with Crippen molar-refractivity contribution >= 4 is 0 Å². The summed E-state index contributed by atoms with van der Waals surface area (Å²) in [5.41, 5.74) is 2.05. The van der Waals surface area contributed by atoms with E-state index in [0.29, 0.717) is 5.75 Å². The molecule has 0 spiro atoms. The summed E-state index contributed by atoms with van der Waals surface area (Å²) >= 11 is 0. The van der Waals surface area contributed by atoms with Gasteiger partial charge in [-0.2, -0.15) is 0 Å². The Balaban J connectivity index is 2.88. The highest BCUT2D eigenvalue weighted by atomic mass is 16.3. The molecular weight excluding hydrogens is 162 g/mol. The molecule has 0 aliphatic carbocycles. The molecule has 0 aliphatic heterocycles. The molecule has 0 aromatic heterocycles. The molecule has 2 N–H and O–H groups in total. The third-order valence-electron chi connectivity index (χ3n) is 2.16. The van der Waals surface area contributed by atoms with E-state index in [9.17, 15) is 5.11 Å². The molecule has 1 rings (SSSR count). The van der Waals surface area contributed by atoms with Crippen LogP contribution in [-0.4, -0.2) is 11.7 Å². The van der Waals surface area contributed by atoms with Crippen LogP contribution in [0.2, 0.25) is 0 Å². The van der Waals surface area contributed by atoms with Gasteiger partial charge in [0.15, 0.2) is 0 Å². The summed E-state index contributed by atoms with van der Waals surface area (Å²) in [5, 5.41) is 12.9. The SMILES string of the molecule is CCNC(C)c1ccc(C)cc1O. The van der Waals surface area contributed by atoms with Gasteiger partial charge in [-0.3, -0.25) is 0 Å². The van der Waals surface area contributed by atoms with Crippen LogP contribution < -0.4 is 5.32 Å². The number of rotatable bonds is 3. The lowest BCUT2D eigenvalue weighted by molar-refractivity contribution is 0.454. The van der Waals surface area contributed by atoms with Crippen molar-refractivity contribution in [3.05, 3.63) is 29.3 Å². The van der Waals surface area contributed by atoms with Crippen molar-refractivity contribution in [1.82, 2.24) is 5.32 Å². The maximum absolute atomic E-state index is 9.65. The van der Waals surface area contributed by atoms with Crippen molar-refractivity contribution in [2.24, 2.45) is 0 Å². The van der Waals surface area contributed by atoms with Gasteiger partial charge in [0.05, 0.1) is 0 Å². The lowest BCUT2D eigenvalue weighted by Gasteiger charge is -2.14. The summed E-state index contributed by atoms with van der Waals surface area (Å²) in [6.07, 6.45) is 0. The van der Waals surface area contributed by atoms with E-state index < -0.39 is 0 Å². The average molecular weight is 179 g/mol.